The smallest absolute Gasteiger partial charge is 0.273 e. The standard InChI is InChI=1S/C18H21N3O5S.ClH/c1-13-7-8-14(11-16(13)21(22)23)27(24,25)20-10-9-19-12-17(20)15-5-3-4-6-18(15)26-2;/h3-8,11,17,19H,9-10,12H2,1-2H3;1H. The monoisotopic (exact) mass is 427 g/mol. The first-order chi connectivity index (χ1) is 12.9. The molecule has 0 spiro atoms. The second-order valence-electron chi connectivity index (χ2n) is 6.28. The normalized spacial score (nSPS) is 17.6. The molecule has 1 N–H and O–H groups in total. The van der Waals surface area contributed by atoms with Crippen LogP contribution in [0.1, 0.15) is 17.2 Å². The maximum atomic E-state index is 13.3. The predicted octanol–water partition coefficient (Wildman–Crippen LogP) is 2.67. The molecular formula is C18H22ClN3O5S. The number of hydrogen-bond donors (Lipinski definition) is 1. The number of halogens is 1. The number of para-hydroxylation sites is 1. The summed E-state index contributed by atoms with van der Waals surface area (Å²) in [5.41, 5.74) is 0.956. The van der Waals surface area contributed by atoms with Crippen molar-refractivity contribution in [2.24, 2.45) is 0 Å². The number of ether oxygens (including phenoxy) is 1. The Labute approximate surface area is 170 Å². The number of sulfonamides is 1. The highest BCUT2D eigenvalue weighted by atomic mass is 35.5. The van der Waals surface area contributed by atoms with Crippen LogP contribution in [-0.4, -0.2) is 44.4 Å². The maximum Gasteiger partial charge on any atom is 0.273 e. The van der Waals surface area contributed by atoms with E-state index in [0.717, 1.165) is 11.6 Å². The van der Waals surface area contributed by atoms with Crippen LogP contribution in [0.5, 0.6) is 5.75 Å². The summed E-state index contributed by atoms with van der Waals surface area (Å²) in [6.07, 6.45) is 0. The highest BCUT2D eigenvalue weighted by molar-refractivity contribution is 7.89. The minimum absolute atomic E-state index is 0. The predicted molar refractivity (Wildman–Crippen MR) is 108 cm³/mol. The summed E-state index contributed by atoms with van der Waals surface area (Å²) >= 11 is 0. The first-order valence-corrected chi connectivity index (χ1v) is 9.91. The lowest BCUT2D eigenvalue weighted by atomic mass is 10.0. The van der Waals surface area contributed by atoms with E-state index in [4.69, 9.17) is 4.74 Å². The largest absolute Gasteiger partial charge is 0.496 e. The number of benzene rings is 2. The van der Waals surface area contributed by atoms with Crippen molar-refractivity contribution in [3.8, 4) is 5.75 Å². The first kappa shape index (κ1) is 22.1. The van der Waals surface area contributed by atoms with Crippen LogP contribution in [0, 0.1) is 17.0 Å². The average molecular weight is 428 g/mol. The van der Waals surface area contributed by atoms with Crippen molar-refractivity contribution < 1.29 is 18.1 Å². The number of methoxy groups -OCH3 is 1. The molecule has 3 rings (SSSR count). The van der Waals surface area contributed by atoms with Gasteiger partial charge in [-0.25, -0.2) is 8.42 Å². The maximum absolute atomic E-state index is 13.3. The second-order valence-corrected chi connectivity index (χ2v) is 8.17. The van der Waals surface area contributed by atoms with E-state index < -0.39 is 21.0 Å². The van der Waals surface area contributed by atoms with E-state index in [2.05, 4.69) is 5.32 Å². The summed E-state index contributed by atoms with van der Waals surface area (Å²) in [5, 5.41) is 14.4. The molecule has 1 heterocycles. The van der Waals surface area contributed by atoms with Crippen molar-refractivity contribution in [3.63, 3.8) is 0 Å². The lowest BCUT2D eigenvalue weighted by Gasteiger charge is -2.36. The second kappa shape index (κ2) is 8.87. The summed E-state index contributed by atoms with van der Waals surface area (Å²) in [4.78, 5) is 10.6. The van der Waals surface area contributed by atoms with Crippen molar-refractivity contribution in [3.05, 3.63) is 63.7 Å². The van der Waals surface area contributed by atoms with Crippen molar-refractivity contribution >= 4 is 28.1 Å². The topological polar surface area (TPSA) is 102 Å². The summed E-state index contributed by atoms with van der Waals surface area (Å²) < 4.78 is 33.4. The van der Waals surface area contributed by atoms with Gasteiger partial charge in [-0.15, -0.1) is 12.4 Å². The highest BCUT2D eigenvalue weighted by Gasteiger charge is 2.36. The molecule has 0 saturated carbocycles. The zero-order valence-corrected chi connectivity index (χ0v) is 17.1. The van der Waals surface area contributed by atoms with Crippen LogP contribution in [-0.2, 0) is 10.0 Å². The van der Waals surface area contributed by atoms with E-state index in [1.54, 1.807) is 13.0 Å². The molecule has 0 bridgehead atoms. The number of nitro groups is 1. The number of piperazine rings is 1. The van der Waals surface area contributed by atoms with Gasteiger partial charge < -0.3 is 10.1 Å². The van der Waals surface area contributed by atoms with Crippen molar-refractivity contribution in [2.75, 3.05) is 26.7 Å². The van der Waals surface area contributed by atoms with Gasteiger partial charge in [0.05, 0.1) is 23.0 Å². The Morgan fingerprint density at radius 2 is 1.96 bits per heavy atom. The molecule has 0 amide bonds. The fourth-order valence-electron chi connectivity index (χ4n) is 3.26. The van der Waals surface area contributed by atoms with Gasteiger partial charge in [0.1, 0.15) is 5.75 Å². The Balaban J connectivity index is 0.00000280. The molecule has 1 aliphatic rings. The molecule has 2 aromatic carbocycles. The van der Waals surface area contributed by atoms with Crippen molar-refractivity contribution in [1.29, 1.82) is 0 Å². The van der Waals surface area contributed by atoms with Gasteiger partial charge in [0, 0.05) is 36.8 Å². The number of nitrogens with zero attached hydrogens (tertiary/aromatic N) is 2. The number of rotatable bonds is 5. The lowest BCUT2D eigenvalue weighted by molar-refractivity contribution is -0.385. The lowest BCUT2D eigenvalue weighted by Crippen LogP contribution is -2.48. The molecule has 1 saturated heterocycles. The molecule has 0 aliphatic carbocycles. The summed E-state index contributed by atoms with van der Waals surface area (Å²) in [6, 6.07) is 10.8. The number of hydrogen-bond acceptors (Lipinski definition) is 6. The van der Waals surface area contributed by atoms with E-state index in [1.165, 1.54) is 23.5 Å². The molecule has 0 radical (unpaired) electrons. The summed E-state index contributed by atoms with van der Waals surface area (Å²) in [5.74, 6) is 0.598. The number of aryl methyl sites for hydroxylation is 1. The molecule has 10 heteroatoms. The van der Waals surface area contributed by atoms with E-state index in [1.807, 2.05) is 18.2 Å². The van der Waals surface area contributed by atoms with Gasteiger partial charge in [0.15, 0.2) is 0 Å². The Kier molecular flexibility index (Phi) is 7.00. The van der Waals surface area contributed by atoms with E-state index in [-0.39, 0.29) is 29.5 Å². The molecule has 1 aliphatic heterocycles. The molecule has 8 nitrogen and oxygen atoms in total. The molecule has 28 heavy (non-hydrogen) atoms. The quantitative estimate of drug-likeness (QED) is 0.581. The number of nitrogens with one attached hydrogen (secondary N) is 1. The van der Waals surface area contributed by atoms with Crippen molar-refractivity contribution in [2.45, 2.75) is 17.9 Å². The van der Waals surface area contributed by atoms with Gasteiger partial charge in [0.25, 0.3) is 5.69 Å². The van der Waals surface area contributed by atoms with E-state index >= 15 is 0 Å². The van der Waals surface area contributed by atoms with Gasteiger partial charge in [-0.1, -0.05) is 24.3 Å². The van der Waals surface area contributed by atoms with Crippen molar-refractivity contribution in [1.82, 2.24) is 9.62 Å². The third kappa shape index (κ3) is 4.12. The Bertz CT molecular complexity index is 967. The number of nitro benzene ring substituents is 1. The molecule has 1 fully saturated rings. The molecule has 1 atom stereocenters. The van der Waals surface area contributed by atoms with Crippen LogP contribution in [0.2, 0.25) is 0 Å². The zero-order chi connectivity index (χ0) is 19.6. The molecule has 2 aromatic rings. The van der Waals surface area contributed by atoms with Gasteiger partial charge in [-0.2, -0.15) is 4.31 Å². The fraction of sp³-hybridized carbons (Fsp3) is 0.333. The molecule has 0 aromatic heterocycles. The van der Waals surface area contributed by atoms with E-state index in [9.17, 15) is 18.5 Å². The molecule has 1 unspecified atom stereocenters. The minimum atomic E-state index is -3.92. The highest BCUT2D eigenvalue weighted by Crippen LogP contribution is 2.34. The summed E-state index contributed by atoms with van der Waals surface area (Å²) in [7, 11) is -2.38. The third-order valence-electron chi connectivity index (χ3n) is 4.68. The third-order valence-corrected chi connectivity index (χ3v) is 6.58. The fourth-order valence-corrected chi connectivity index (χ4v) is 4.89. The Morgan fingerprint density at radius 3 is 2.64 bits per heavy atom. The Morgan fingerprint density at radius 1 is 1.25 bits per heavy atom. The molecular weight excluding hydrogens is 406 g/mol. The van der Waals surface area contributed by atoms with E-state index in [0.29, 0.717) is 24.4 Å². The zero-order valence-electron chi connectivity index (χ0n) is 15.5. The Hall–Kier alpha value is -2.20. The molecule has 152 valence electrons. The van der Waals surface area contributed by atoms with Crippen LogP contribution >= 0.6 is 12.4 Å². The van der Waals surface area contributed by atoms with Crippen LogP contribution in [0.15, 0.2) is 47.4 Å². The average Bonchev–Trinajstić information content (AvgIpc) is 2.68. The van der Waals surface area contributed by atoms with Gasteiger partial charge in [-0.3, -0.25) is 10.1 Å². The van der Waals surface area contributed by atoms with Crippen LogP contribution < -0.4 is 10.1 Å². The van der Waals surface area contributed by atoms with Crippen LogP contribution in [0.25, 0.3) is 0 Å². The SMILES string of the molecule is COc1ccccc1C1CNCCN1S(=O)(=O)c1ccc(C)c([N+](=O)[O-])c1.Cl. The van der Waals surface area contributed by atoms with Crippen LogP contribution in [0.3, 0.4) is 0 Å². The van der Waals surface area contributed by atoms with Gasteiger partial charge >= 0.3 is 0 Å². The van der Waals surface area contributed by atoms with Gasteiger partial charge in [0.2, 0.25) is 10.0 Å². The first-order valence-electron chi connectivity index (χ1n) is 8.47. The van der Waals surface area contributed by atoms with Crippen LogP contribution in [0.4, 0.5) is 5.69 Å². The minimum Gasteiger partial charge on any atom is -0.496 e. The van der Waals surface area contributed by atoms with Gasteiger partial charge in [-0.05, 0) is 19.1 Å². The summed E-state index contributed by atoms with van der Waals surface area (Å²) in [6.45, 7) is 2.76.